The molecule has 0 bridgehead atoms. The fraction of sp³-hybridized carbons (Fsp3) is 0.316. The Bertz CT molecular complexity index is 1190. The second kappa shape index (κ2) is 7.92. The molecule has 150 valence electrons. The highest BCUT2D eigenvalue weighted by atomic mass is 35.5. The molecular weight excluding hydrogens is 416 g/mol. The fourth-order valence-electron chi connectivity index (χ4n) is 3.58. The maximum Gasteiger partial charge on any atom is 0.294 e. The molecule has 1 aliphatic rings. The molecule has 1 amide bonds. The molecule has 1 N–H and O–H groups in total. The van der Waals surface area contributed by atoms with Gasteiger partial charge in [0.2, 0.25) is 5.91 Å². The van der Waals surface area contributed by atoms with E-state index in [2.05, 4.69) is 10.3 Å². The third-order valence-electron chi connectivity index (χ3n) is 4.94. The topological polar surface area (TPSA) is 107 Å². The van der Waals surface area contributed by atoms with Gasteiger partial charge in [-0.2, -0.15) is 0 Å². The number of carbonyl (C=O) groups is 1. The number of nitro benzene ring substituents is 1. The van der Waals surface area contributed by atoms with Crippen LogP contribution >= 0.6 is 22.9 Å². The number of aromatic nitrogens is 2. The SMILES string of the molecule is O=C(Cn1cnc2sc3c(c2c1=O)CCCCC3)Nc1ccc(Cl)cc1[N+](=O)[O-]. The number of thiophene rings is 1. The molecule has 2 aromatic heterocycles. The zero-order valence-corrected chi connectivity index (χ0v) is 16.9. The van der Waals surface area contributed by atoms with E-state index in [1.54, 1.807) is 11.3 Å². The first-order valence-corrected chi connectivity index (χ1v) is 10.4. The number of benzene rings is 1. The van der Waals surface area contributed by atoms with Gasteiger partial charge in [-0.05, 0) is 43.4 Å². The molecule has 3 aromatic rings. The van der Waals surface area contributed by atoms with Crippen molar-refractivity contribution in [2.75, 3.05) is 5.32 Å². The molecule has 0 saturated heterocycles. The van der Waals surface area contributed by atoms with Gasteiger partial charge in [0.05, 0.1) is 16.6 Å². The number of nitro groups is 1. The Morgan fingerprint density at radius 3 is 2.90 bits per heavy atom. The summed E-state index contributed by atoms with van der Waals surface area (Å²) in [6.07, 6.45) is 6.44. The van der Waals surface area contributed by atoms with Crippen molar-refractivity contribution >= 4 is 50.4 Å². The summed E-state index contributed by atoms with van der Waals surface area (Å²) < 4.78 is 1.25. The number of rotatable bonds is 4. The van der Waals surface area contributed by atoms with E-state index in [4.69, 9.17) is 11.6 Å². The molecule has 2 heterocycles. The number of hydrogen-bond acceptors (Lipinski definition) is 6. The van der Waals surface area contributed by atoms with Crippen molar-refractivity contribution in [2.24, 2.45) is 0 Å². The minimum atomic E-state index is -0.623. The van der Waals surface area contributed by atoms with Crippen LogP contribution in [0.5, 0.6) is 0 Å². The minimum absolute atomic E-state index is 0.0240. The summed E-state index contributed by atoms with van der Waals surface area (Å²) in [7, 11) is 0. The van der Waals surface area contributed by atoms with Crippen LogP contribution in [0.2, 0.25) is 5.02 Å². The molecule has 0 atom stereocenters. The molecular formula is C19H17ClN4O4S. The van der Waals surface area contributed by atoms with Crippen LogP contribution in [-0.2, 0) is 24.2 Å². The number of nitrogens with one attached hydrogen (secondary N) is 1. The summed E-state index contributed by atoms with van der Waals surface area (Å²) in [5.41, 5.74) is 0.518. The molecule has 0 saturated carbocycles. The molecule has 0 aliphatic heterocycles. The molecule has 4 rings (SSSR count). The molecule has 10 heteroatoms. The fourth-order valence-corrected chi connectivity index (χ4v) is 4.96. The number of hydrogen-bond donors (Lipinski definition) is 1. The van der Waals surface area contributed by atoms with Gasteiger partial charge in [0, 0.05) is 16.0 Å². The minimum Gasteiger partial charge on any atom is -0.319 e. The van der Waals surface area contributed by atoms with Gasteiger partial charge in [-0.1, -0.05) is 18.0 Å². The van der Waals surface area contributed by atoms with E-state index in [0.717, 1.165) is 43.7 Å². The normalized spacial score (nSPS) is 13.7. The number of amides is 1. The first kappa shape index (κ1) is 19.5. The van der Waals surface area contributed by atoms with E-state index in [0.29, 0.717) is 10.2 Å². The van der Waals surface area contributed by atoms with Crippen LogP contribution in [0.25, 0.3) is 10.2 Å². The summed E-state index contributed by atoms with van der Waals surface area (Å²) in [5.74, 6) is -0.556. The number of halogens is 1. The average Bonchev–Trinajstić information content (AvgIpc) is 2.87. The van der Waals surface area contributed by atoms with Gasteiger partial charge in [0.25, 0.3) is 11.2 Å². The largest absolute Gasteiger partial charge is 0.319 e. The highest BCUT2D eigenvalue weighted by molar-refractivity contribution is 7.18. The van der Waals surface area contributed by atoms with Gasteiger partial charge < -0.3 is 5.32 Å². The lowest BCUT2D eigenvalue weighted by Crippen LogP contribution is -2.28. The molecule has 0 fully saturated rings. The van der Waals surface area contributed by atoms with Crippen molar-refractivity contribution in [1.29, 1.82) is 0 Å². The van der Waals surface area contributed by atoms with Crippen molar-refractivity contribution in [2.45, 2.75) is 38.6 Å². The monoisotopic (exact) mass is 432 g/mol. The summed E-state index contributed by atoms with van der Waals surface area (Å²) in [6, 6.07) is 3.98. The van der Waals surface area contributed by atoms with Gasteiger partial charge in [-0.3, -0.25) is 24.3 Å². The Morgan fingerprint density at radius 2 is 2.10 bits per heavy atom. The van der Waals surface area contributed by atoms with E-state index in [1.807, 2.05) is 0 Å². The van der Waals surface area contributed by atoms with Crippen molar-refractivity contribution in [1.82, 2.24) is 9.55 Å². The first-order valence-electron chi connectivity index (χ1n) is 9.17. The van der Waals surface area contributed by atoms with Gasteiger partial charge in [0.15, 0.2) is 0 Å². The van der Waals surface area contributed by atoms with Crippen LogP contribution < -0.4 is 10.9 Å². The summed E-state index contributed by atoms with van der Waals surface area (Å²) in [4.78, 5) is 42.3. The molecule has 0 unspecified atom stereocenters. The zero-order chi connectivity index (χ0) is 20.5. The van der Waals surface area contributed by atoms with Crippen LogP contribution in [0.3, 0.4) is 0 Å². The number of aryl methyl sites for hydroxylation is 2. The second-order valence-corrected chi connectivity index (χ2v) is 8.41. The van der Waals surface area contributed by atoms with E-state index < -0.39 is 10.8 Å². The van der Waals surface area contributed by atoms with Crippen LogP contribution in [0.4, 0.5) is 11.4 Å². The molecule has 1 aromatic carbocycles. The number of carbonyl (C=O) groups excluding carboxylic acids is 1. The lowest BCUT2D eigenvalue weighted by Gasteiger charge is -2.08. The summed E-state index contributed by atoms with van der Waals surface area (Å²) in [5, 5.41) is 14.5. The second-order valence-electron chi connectivity index (χ2n) is 6.89. The summed E-state index contributed by atoms with van der Waals surface area (Å²) >= 11 is 7.34. The highest BCUT2D eigenvalue weighted by Gasteiger charge is 2.21. The van der Waals surface area contributed by atoms with Crippen molar-refractivity contribution in [3.63, 3.8) is 0 Å². The molecule has 1 aliphatic carbocycles. The standard InChI is InChI=1S/C19H17ClN4O4S/c20-11-6-7-13(14(8-11)24(27)28)22-16(25)9-23-10-21-18-17(19(23)26)12-4-2-1-3-5-15(12)29-18/h6-8,10H,1-5,9H2,(H,22,25). The van der Waals surface area contributed by atoms with E-state index in [9.17, 15) is 19.7 Å². The average molecular weight is 433 g/mol. The van der Waals surface area contributed by atoms with Crippen molar-refractivity contribution in [3.05, 3.63) is 60.5 Å². The smallest absolute Gasteiger partial charge is 0.294 e. The number of fused-ring (bicyclic) bond motifs is 3. The number of anilines is 1. The maximum absolute atomic E-state index is 13.0. The van der Waals surface area contributed by atoms with Crippen LogP contribution in [-0.4, -0.2) is 20.4 Å². The van der Waals surface area contributed by atoms with Crippen molar-refractivity contribution < 1.29 is 9.72 Å². The van der Waals surface area contributed by atoms with Gasteiger partial charge in [0.1, 0.15) is 17.1 Å². The number of nitrogens with zero attached hydrogens (tertiary/aromatic N) is 3. The Morgan fingerprint density at radius 1 is 1.31 bits per heavy atom. The molecule has 0 spiro atoms. The molecule has 29 heavy (non-hydrogen) atoms. The summed E-state index contributed by atoms with van der Waals surface area (Å²) in [6.45, 7) is -0.286. The van der Waals surface area contributed by atoms with Crippen LogP contribution in [0.15, 0.2) is 29.3 Å². The quantitative estimate of drug-likeness (QED) is 0.382. The lowest BCUT2D eigenvalue weighted by molar-refractivity contribution is -0.383. The highest BCUT2D eigenvalue weighted by Crippen LogP contribution is 2.32. The Labute approximate surface area is 174 Å². The molecule has 8 nitrogen and oxygen atoms in total. The van der Waals surface area contributed by atoms with E-state index >= 15 is 0 Å². The third kappa shape index (κ3) is 3.88. The maximum atomic E-state index is 13.0. The van der Waals surface area contributed by atoms with Crippen molar-refractivity contribution in [3.8, 4) is 0 Å². The van der Waals surface area contributed by atoms with E-state index in [1.165, 1.54) is 27.9 Å². The Hall–Kier alpha value is -2.78. The van der Waals surface area contributed by atoms with Gasteiger partial charge in [-0.15, -0.1) is 11.3 Å². The zero-order valence-electron chi connectivity index (χ0n) is 15.3. The van der Waals surface area contributed by atoms with Gasteiger partial charge in [-0.25, -0.2) is 4.98 Å². The Kier molecular flexibility index (Phi) is 5.33. The van der Waals surface area contributed by atoms with E-state index in [-0.39, 0.29) is 28.5 Å². The van der Waals surface area contributed by atoms with Gasteiger partial charge >= 0.3 is 0 Å². The molecule has 0 radical (unpaired) electrons. The lowest BCUT2D eigenvalue weighted by atomic mass is 10.1. The Balaban J connectivity index is 1.62. The predicted octanol–water partition coefficient (Wildman–Crippen LogP) is 3.93. The van der Waals surface area contributed by atoms with Crippen LogP contribution in [0, 0.1) is 10.1 Å². The predicted molar refractivity (Wildman–Crippen MR) is 112 cm³/mol. The van der Waals surface area contributed by atoms with Crippen LogP contribution in [0.1, 0.15) is 29.7 Å². The first-order chi connectivity index (χ1) is 13.9. The third-order valence-corrected chi connectivity index (χ3v) is 6.37.